The summed E-state index contributed by atoms with van der Waals surface area (Å²) in [5.74, 6) is 6.71. The van der Waals surface area contributed by atoms with E-state index in [2.05, 4.69) is 17.2 Å². The minimum absolute atomic E-state index is 0.154. The molecule has 29 heavy (non-hydrogen) atoms. The van der Waals surface area contributed by atoms with Gasteiger partial charge in [-0.05, 0) is 43.7 Å². The van der Waals surface area contributed by atoms with E-state index in [1.807, 2.05) is 12.1 Å². The van der Waals surface area contributed by atoms with Gasteiger partial charge in [-0.1, -0.05) is 36.1 Å². The van der Waals surface area contributed by atoms with E-state index in [4.69, 9.17) is 9.47 Å². The molecule has 0 aromatic heterocycles. The van der Waals surface area contributed by atoms with Crippen molar-refractivity contribution < 1.29 is 22.7 Å². The number of carbonyl (C=O) groups is 1. The standard InChI is InChI=1S/C22H25NO5S/c1-17(2)29(25,26)19-12-10-18(11-13-19)16-22(24)23-14-6-7-15-28-21-9-5-4-8-20(21)27-3/h4-5,8-13,17H,14-16H2,1-3H3,(H,23,24). The molecular formula is C22H25NO5S. The lowest BCUT2D eigenvalue weighted by molar-refractivity contribution is -0.120. The second kappa shape index (κ2) is 10.5. The van der Waals surface area contributed by atoms with Crippen molar-refractivity contribution in [2.24, 2.45) is 0 Å². The van der Waals surface area contributed by atoms with Gasteiger partial charge in [-0.3, -0.25) is 4.79 Å². The van der Waals surface area contributed by atoms with Gasteiger partial charge in [-0.25, -0.2) is 8.42 Å². The summed E-state index contributed by atoms with van der Waals surface area (Å²) in [6.07, 6.45) is 0.154. The number of nitrogens with one attached hydrogen (secondary N) is 1. The molecule has 0 radical (unpaired) electrons. The van der Waals surface area contributed by atoms with E-state index in [-0.39, 0.29) is 30.4 Å². The van der Waals surface area contributed by atoms with Crippen LogP contribution < -0.4 is 14.8 Å². The predicted molar refractivity (Wildman–Crippen MR) is 112 cm³/mol. The van der Waals surface area contributed by atoms with Crippen LogP contribution in [0.5, 0.6) is 11.5 Å². The summed E-state index contributed by atoms with van der Waals surface area (Å²) in [5, 5.41) is 2.22. The minimum atomic E-state index is -3.31. The van der Waals surface area contributed by atoms with E-state index in [0.29, 0.717) is 11.5 Å². The first-order valence-corrected chi connectivity index (χ1v) is 10.7. The zero-order valence-corrected chi connectivity index (χ0v) is 17.6. The fourth-order valence-electron chi connectivity index (χ4n) is 2.43. The lowest BCUT2D eigenvalue weighted by atomic mass is 10.1. The van der Waals surface area contributed by atoms with Crippen LogP contribution in [0.1, 0.15) is 19.4 Å². The molecule has 1 N–H and O–H groups in total. The Labute approximate surface area is 172 Å². The average molecular weight is 416 g/mol. The second-order valence-corrected chi connectivity index (χ2v) is 8.99. The SMILES string of the molecule is COc1ccccc1OCC#CCNC(=O)Cc1ccc(S(=O)(=O)C(C)C)cc1. The van der Waals surface area contributed by atoms with Crippen LogP contribution in [0.2, 0.25) is 0 Å². The summed E-state index contributed by atoms with van der Waals surface area (Å²) in [7, 11) is -1.74. The summed E-state index contributed by atoms with van der Waals surface area (Å²) in [6, 6.07) is 13.7. The number of carbonyl (C=O) groups excluding carboxylic acids is 1. The maximum absolute atomic E-state index is 12.1. The van der Waals surface area contributed by atoms with Crippen LogP contribution in [0.15, 0.2) is 53.4 Å². The zero-order chi connectivity index (χ0) is 21.3. The number of rotatable bonds is 8. The van der Waals surface area contributed by atoms with Crippen LogP contribution >= 0.6 is 0 Å². The largest absolute Gasteiger partial charge is 0.493 e. The van der Waals surface area contributed by atoms with E-state index >= 15 is 0 Å². The molecule has 0 bridgehead atoms. The number of amides is 1. The summed E-state index contributed by atoms with van der Waals surface area (Å²) in [6.45, 7) is 3.66. The topological polar surface area (TPSA) is 81.7 Å². The molecule has 7 heteroatoms. The number of methoxy groups -OCH3 is 1. The fourth-order valence-corrected chi connectivity index (χ4v) is 3.49. The Hall–Kier alpha value is -2.98. The Morgan fingerprint density at radius 3 is 2.31 bits per heavy atom. The van der Waals surface area contributed by atoms with Crippen LogP contribution in [0.3, 0.4) is 0 Å². The van der Waals surface area contributed by atoms with E-state index < -0.39 is 15.1 Å². The molecule has 0 aliphatic heterocycles. The quantitative estimate of drug-likeness (QED) is 0.671. The van der Waals surface area contributed by atoms with Crippen LogP contribution in [-0.4, -0.2) is 39.8 Å². The molecule has 0 aliphatic rings. The highest BCUT2D eigenvalue weighted by atomic mass is 32.2. The number of benzene rings is 2. The van der Waals surface area contributed by atoms with Crippen molar-refractivity contribution >= 4 is 15.7 Å². The number of hydrogen-bond donors (Lipinski definition) is 1. The van der Waals surface area contributed by atoms with Crippen molar-refractivity contribution in [2.75, 3.05) is 20.3 Å². The van der Waals surface area contributed by atoms with Crippen molar-refractivity contribution in [2.45, 2.75) is 30.4 Å². The lowest BCUT2D eigenvalue weighted by Gasteiger charge is -2.08. The predicted octanol–water partition coefficient (Wildman–Crippen LogP) is 2.62. The van der Waals surface area contributed by atoms with Crippen molar-refractivity contribution in [3.05, 3.63) is 54.1 Å². The molecule has 2 aromatic rings. The Bertz CT molecular complexity index is 986. The number of hydrogen-bond acceptors (Lipinski definition) is 5. The summed E-state index contributed by atoms with van der Waals surface area (Å²) in [4.78, 5) is 12.3. The molecule has 0 fully saturated rings. The van der Waals surface area contributed by atoms with E-state index in [0.717, 1.165) is 5.56 Å². The van der Waals surface area contributed by atoms with Gasteiger partial charge in [0.1, 0.15) is 6.61 Å². The van der Waals surface area contributed by atoms with Crippen molar-refractivity contribution in [3.8, 4) is 23.3 Å². The normalized spacial score (nSPS) is 10.8. The highest BCUT2D eigenvalue weighted by Crippen LogP contribution is 2.25. The van der Waals surface area contributed by atoms with Crippen LogP contribution in [0.25, 0.3) is 0 Å². The Morgan fingerprint density at radius 2 is 1.69 bits per heavy atom. The third-order valence-corrected chi connectivity index (χ3v) is 6.28. The lowest BCUT2D eigenvalue weighted by Crippen LogP contribution is -2.25. The number of ether oxygens (including phenoxy) is 2. The van der Waals surface area contributed by atoms with Crippen LogP contribution in [0, 0.1) is 11.8 Å². The average Bonchev–Trinajstić information content (AvgIpc) is 2.71. The molecular weight excluding hydrogens is 390 g/mol. The zero-order valence-electron chi connectivity index (χ0n) is 16.8. The molecule has 6 nitrogen and oxygen atoms in total. The van der Waals surface area contributed by atoms with Crippen molar-refractivity contribution in [3.63, 3.8) is 0 Å². The molecule has 0 heterocycles. The molecule has 2 rings (SSSR count). The minimum Gasteiger partial charge on any atom is -0.493 e. The van der Waals surface area contributed by atoms with Gasteiger partial charge in [-0.15, -0.1) is 0 Å². The smallest absolute Gasteiger partial charge is 0.225 e. The number of sulfone groups is 1. The third-order valence-electron chi connectivity index (χ3n) is 4.11. The molecule has 0 unspecified atom stereocenters. The monoisotopic (exact) mass is 415 g/mol. The van der Waals surface area contributed by atoms with Crippen LogP contribution in [0.4, 0.5) is 0 Å². The first-order valence-electron chi connectivity index (χ1n) is 9.15. The van der Waals surface area contributed by atoms with Crippen molar-refractivity contribution in [1.29, 1.82) is 0 Å². The molecule has 2 aromatic carbocycles. The van der Waals surface area contributed by atoms with Gasteiger partial charge < -0.3 is 14.8 Å². The maximum Gasteiger partial charge on any atom is 0.225 e. The van der Waals surface area contributed by atoms with Gasteiger partial charge in [0.05, 0.1) is 30.2 Å². The van der Waals surface area contributed by atoms with Gasteiger partial charge in [-0.2, -0.15) is 0 Å². The van der Waals surface area contributed by atoms with Crippen molar-refractivity contribution in [1.82, 2.24) is 5.32 Å². The fraction of sp³-hybridized carbons (Fsp3) is 0.318. The molecule has 0 saturated carbocycles. The van der Waals surface area contributed by atoms with E-state index in [1.165, 1.54) is 12.1 Å². The van der Waals surface area contributed by atoms with Gasteiger partial charge >= 0.3 is 0 Å². The molecule has 0 saturated heterocycles. The highest BCUT2D eigenvalue weighted by Gasteiger charge is 2.18. The first kappa shape index (κ1) is 22.3. The molecule has 1 amide bonds. The van der Waals surface area contributed by atoms with E-state index in [9.17, 15) is 13.2 Å². The van der Waals surface area contributed by atoms with Crippen LogP contribution in [-0.2, 0) is 21.1 Å². The first-order chi connectivity index (χ1) is 13.8. The van der Waals surface area contributed by atoms with Gasteiger partial charge in [0.25, 0.3) is 0 Å². The Morgan fingerprint density at radius 1 is 1.03 bits per heavy atom. The maximum atomic E-state index is 12.1. The summed E-state index contributed by atoms with van der Waals surface area (Å²) in [5.41, 5.74) is 0.734. The highest BCUT2D eigenvalue weighted by molar-refractivity contribution is 7.92. The third kappa shape index (κ3) is 6.54. The van der Waals surface area contributed by atoms with Gasteiger partial charge in [0.2, 0.25) is 5.91 Å². The molecule has 154 valence electrons. The summed E-state index contributed by atoms with van der Waals surface area (Å²) >= 11 is 0. The summed E-state index contributed by atoms with van der Waals surface area (Å²) < 4.78 is 34.9. The molecule has 0 aliphatic carbocycles. The Balaban J connectivity index is 1.77. The van der Waals surface area contributed by atoms with E-state index in [1.54, 1.807) is 45.2 Å². The van der Waals surface area contributed by atoms with Gasteiger partial charge in [0, 0.05) is 0 Å². The molecule has 0 spiro atoms. The Kier molecular flexibility index (Phi) is 8.10. The molecule has 0 atom stereocenters. The number of para-hydroxylation sites is 2. The van der Waals surface area contributed by atoms with Gasteiger partial charge in [0.15, 0.2) is 21.3 Å². The second-order valence-electron chi connectivity index (χ2n) is 6.48.